The van der Waals surface area contributed by atoms with Crippen molar-refractivity contribution < 1.29 is 17.9 Å². The maximum atomic E-state index is 12.9. The van der Waals surface area contributed by atoms with E-state index in [1.54, 1.807) is 7.11 Å². The van der Waals surface area contributed by atoms with Crippen molar-refractivity contribution in [2.24, 2.45) is 5.41 Å². The van der Waals surface area contributed by atoms with Crippen LogP contribution in [0, 0.1) is 5.41 Å². The lowest BCUT2D eigenvalue weighted by atomic mass is 9.58. The number of hydrogen-bond donors (Lipinski definition) is 2. The Kier molecular flexibility index (Phi) is 5.43. The number of nitrogens with one attached hydrogen (secondary N) is 2. The van der Waals surface area contributed by atoms with Crippen LogP contribution in [-0.2, 0) is 19.4 Å². The van der Waals surface area contributed by atoms with E-state index < -0.39 is 14.6 Å². The SMILES string of the molecule is CCC1(CC)C(NC(=O)C2(S(C)(=O)=O)CCNCC2)CC1OC. The minimum Gasteiger partial charge on any atom is -0.381 e. The highest BCUT2D eigenvalue weighted by atomic mass is 32.2. The van der Waals surface area contributed by atoms with E-state index in [2.05, 4.69) is 24.5 Å². The van der Waals surface area contributed by atoms with Crippen molar-refractivity contribution >= 4 is 15.7 Å². The van der Waals surface area contributed by atoms with Crippen molar-refractivity contribution in [2.75, 3.05) is 26.5 Å². The zero-order chi connectivity index (χ0) is 17.3. The Labute approximate surface area is 139 Å². The first kappa shape index (κ1) is 18.7. The van der Waals surface area contributed by atoms with Gasteiger partial charge in [-0.1, -0.05) is 13.8 Å². The summed E-state index contributed by atoms with van der Waals surface area (Å²) in [6.45, 7) is 5.31. The molecule has 0 spiro atoms. The Morgan fingerprint density at radius 3 is 2.26 bits per heavy atom. The Hall–Kier alpha value is -0.660. The van der Waals surface area contributed by atoms with E-state index in [1.165, 1.54) is 6.26 Å². The van der Waals surface area contributed by atoms with Gasteiger partial charge in [0.25, 0.3) is 0 Å². The van der Waals surface area contributed by atoms with Crippen LogP contribution in [0.15, 0.2) is 0 Å². The van der Waals surface area contributed by atoms with Gasteiger partial charge in [-0.05, 0) is 45.2 Å². The fourth-order valence-electron chi connectivity index (χ4n) is 4.37. The van der Waals surface area contributed by atoms with Gasteiger partial charge >= 0.3 is 0 Å². The summed E-state index contributed by atoms with van der Waals surface area (Å²) in [7, 11) is -1.77. The number of carbonyl (C=O) groups is 1. The molecule has 1 aliphatic heterocycles. The average Bonchev–Trinajstić information content (AvgIpc) is 2.51. The van der Waals surface area contributed by atoms with Crippen LogP contribution >= 0.6 is 0 Å². The third-order valence-corrected chi connectivity index (χ3v) is 8.24. The van der Waals surface area contributed by atoms with Gasteiger partial charge in [-0.2, -0.15) is 0 Å². The van der Waals surface area contributed by atoms with Gasteiger partial charge in [0.15, 0.2) is 14.6 Å². The topological polar surface area (TPSA) is 84.5 Å². The van der Waals surface area contributed by atoms with Gasteiger partial charge in [-0.3, -0.25) is 4.79 Å². The maximum Gasteiger partial charge on any atom is 0.241 e. The van der Waals surface area contributed by atoms with Crippen LogP contribution in [-0.4, -0.2) is 57.7 Å². The van der Waals surface area contributed by atoms with E-state index in [9.17, 15) is 13.2 Å². The van der Waals surface area contributed by atoms with Gasteiger partial charge in [-0.15, -0.1) is 0 Å². The highest BCUT2D eigenvalue weighted by Gasteiger charge is 2.56. The van der Waals surface area contributed by atoms with Crippen LogP contribution in [0.4, 0.5) is 0 Å². The van der Waals surface area contributed by atoms with Crippen LogP contribution < -0.4 is 10.6 Å². The van der Waals surface area contributed by atoms with E-state index in [0.29, 0.717) is 25.9 Å². The summed E-state index contributed by atoms with van der Waals surface area (Å²) >= 11 is 0. The summed E-state index contributed by atoms with van der Waals surface area (Å²) in [5.74, 6) is -0.327. The second kappa shape index (κ2) is 6.69. The number of piperidine rings is 1. The lowest BCUT2D eigenvalue weighted by molar-refractivity contribution is -0.143. The second-order valence-corrected chi connectivity index (χ2v) is 9.27. The van der Waals surface area contributed by atoms with Gasteiger partial charge in [0.05, 0.1) is 6.10 Å². The largest absolute Gasteiger partial charge is 0.381 e. The molecular formula is C16H30N2O4S. The molecule has 0 radical (unpaired) electrons. The van der Waals surface area contributed by atoms with Crippen molar-refractivity contribution in [3.05, 3.63) is 0 Å². The molecule has 2 unspecified atom stereocenters. The zero-order valence-corrected chi connectivity index (χ0v) is 15.5. The molecule has 2 N–H and O–H groups in total. The predicted octanol–water partition coefficient (Wildman–Crippen LogP) is 0.863. The van der Waals surface area contributed by atoms with Crippen LogP contribution in [0.2, 0.25) is 0 Å². The first-order valence-electron chi connectivity index (χ1n) is 8.51. The van der Waals surface area contributed by atoms with Crippen molar-refractivity contribution in [1.82, 2.24) is 10.6 Å². The van der Waals surface area contributed by atoms with Gasteiger partial charge in [0.1, 0.15) is 0 Å². The third-order valence-electron chi connectivity index (χ3n) is 6.23. The van der Waals surface area contributed by atoms with Crippen LogP contribution in [0.25, 0.3) is 0 Å². The number of hydrogen-bond acceptors (Lipinski definition) is 5. The van der Waals surface area contributed by atoms with Crippen LogP contribution in [0.3, 0.4) is 0 Å². The predicted molar refractivity (Wildman–Crippen MR) is 90.0 cm³/mol. The molecule has 1 aliphatic carbocycles. The van der Waals surface area contributed by atoms with Crippen molar-refractivity contribution in [3.8, 4) is 0 Å². The Morgan fingerprint density at radius 2 is 1.83 bits per heavy atom. The molecule has 23 heavy (non-hydrogen) atoms. The third kappa shape index (κ3) is 2.91. The van der Waals surface area contributed by atoms with Crippen LogP contribution in [0.1, 0.15) is 46.0 Å². The number of rotatable bonds is 6. The minimum absolute atomic E-state index is 0.0107. The second-order valence-electron chi connectivity index (χ2n) is 6.94. The average molecular weight is 346 g/mol. The summed E-state index contributed by atoms with van der Waals surface area (Å²) in [6, 6.07) is -0.0107. The van der Waals surface area contributed by atoms with Gasteiger partial charge in [0.2, 0.25) is 5.91 Å². The molecule has 0 aromatic carbocycles. The minimum atomic E-state index is -3.47. The van der Waals surface area contributed by atoms with Gasteiger partial charge < -0.3 is 15.4 Å². The highest BCUT2D eigenvalue weighted by molar-refractivity contribution is 7.92. The molecule has 2 atom stereocenters. The van der Waals surface area contributed by atoms with Crippen molar-refractivity contribution in [2.45, 2.75) is 62.8 Å². The quantitative estimate of drug-likeness (QED) is 0.745. The van der Waals surface area contributed by atoms with Crippen LogP contribution in [0.5, 0.6) is 0 Å². The molecule has 1 amide bonds. The zero-order valence-electron chi connectivity index (χ0n) is 14.6. The Bertz CT molecular complexity index is 536. The molecule has 0 bridgehead atoms. The molecule has 1 saturated carbocycles. The molecular weight excluding hydrogens is 316 g/mol. The summed E-state index contributed by atoms with van der Waals surface area (Å²) in [5.41, 5.74) is -0.0873. The number of ether oxygens (including phenoxy) is 1. The fourth-order valence-corrected chi connectivity index (χ4v) is 5.71. The first-order valence-corrected chi connectivity index (χ1v) is 10.4. The van der Waals surface area contributed by atoms with Gasteiger partial charge in [0, 0.05) is 24.8 Å². The summed E-state index contributed by atoms with van der Waals surface area (Å²) in [4.78, 5) is 12.9. The Balaban J connectivity index is 2.20. The standard InChI is InChI=1S/C16H30N2O4S/c1-5-15(6-2)12(11-13(15)22-3)18-14(19)16(23(4,20)21)7-9-17-10-8-16/h12-13,17H,5-11H2,1-4H3,(H,18,19). The van der Waals surface area contributed by atoms with E-state index in [-0.39, 0.29) is 23.5 Å². The van der Waals surface area contributed by atoms with E-state index in [1.807, 2.05) is 0 Å². The van der Waals surface area contributed by atoms with E-state index in [4.69, 9.17) is 4.74 Å². The summed E-state index contributed by atoms with van der Waals surface area (Å²) in [6.07, 6.45) is 4.55. The highest BCUT2D eigenvalue weighted by Crippen LogP contribution is 2.49. The molecule has 6 nitrogen and oxygen atoms in total. The monoisotopic (exact) mass is 346 g/mol. The normalized spacial score (nSPS) is 29.6. The number of carbonyl (C=O) groups excluding carboxylic acids is 1. The lowest BCUT2D eigenvalue weighted by Gasteiger charge is -2.55. The van der Waals surface area contributed by atoms with Gasteiger partial charge in [-0.25, -0.2) is 8.42 Å². The number of methoxy groups -OCH3 is 1. The van der Waals surface area contributed by atoms with Crippen molar-refractivity contribution in [1.29, 1.82) is 0 Å². The lowest BCUT2D eigenvalue weighted by Crippen LogP contribution is -2.68. The molecule has 1 heterocycles. The molecule has 134 valence electrons. The smallest absolute Gasteiger partial charge is 0.241 e. The molecule has 2 aliphatic rings. The molecule has 0 aromatic rings. The summed E-state index contributed by atoms with van der Waals surface area (Å²) in [5, 5.41) is 6.20. The fraction of sp³-hybridized carbons (Fsp3) is 0.938. The first-order chi connectivity index (χ1) is 10.8. The number of amides is 1. The van der Waals surface area contributed by atoms with E-state index >= 15 is 0 Å². The van der Waals surface area contributed by atoms with Crippen molar-refractivity contribution in [3.63, 3.8) is 0 Å². The molecule has 0 aromatic heterocycles. The molecule has 7 heteroatoms. The number of sulfone groups is 1. The molecule has 2 rings (SSSR count). The molecule has 1 saturated heterocycles. The van der Waals surface area contributed by atoms with E-state index in [0.717, 1.165) is 19.3 Å². The maximum absolute atomic E-state index is 12.9. The summed E-state index contributed by atoms with van der Waals surface area (Å²) < 4.78 is 29.0. The Morgan fingerprint density at radius 1 is 1.26 bits per heavy atom. The molecule has 2 fully saturated rings.